The minimum absolute atomic E-state index is 0.227. The van der Waals surface area contributed by atoms with Crippen LogP contribution < -0.4 is 5.32 Å². The Labute approximate surface area is 62.0 Å². The summed E-state index contributed by atoms with van der Waals surface area (Å²) < 4.78 is 0. The standard InChI is InChI=1S/C8H15NO/c1-6(2)3-7-4-8(10)9-5-7/h6-7H,3-5H2,1-2H3,(H,9,10). The molecular formula is C8H15NO. The molecule has 0 radical (unpaired) electrons. The van der Waals surface area contributed by atoms with E-state index >= 15 is 0 Å². The topological polar surface area (TPSA) is 29.1 Å². The van der Waals surface area contributed by atoms with Gasteiger partial charge in [0.05, 0.1) is 0 Å². The van der Waals surface area contributed by atoms with E-state index < -0.39 is 0 Å². The second kappa shape index (κ2) is 3.04. The molecule has 2 heteroatoms. The van der Waals surface area contributed by atoms with E-state index in [1.54, 1.807) is 0 Å². The van der Waals surface area contributed by atoms with Crippen LogP contribution in [0.5, 0.6) is 0 Å². The van der Waals surface area contributed by atoms with Crippen molar-refractivity contribution in [3.8, 4) is 0 Å². The van der Waals surface area contributed by atoms with Crippen molar-refractivity contribution in [3.63, 3.8) is 0 Å². The normalized spacial score (nSPS) is 25.5. The molecule has 1 N–H and O–H groups in total. The first-order valence-corrected chi connectivity index (χ1v) is 3.95. The number of amides is 1. The van der Waals surface area contributed by atoms with E-state index in [2.05, 4.69) is 19.2 Å². The Kier molecular flexibility index (Phi) is 2.30. The van der Waals surface area contributed by atoms with Crippen molar-refractivity contribution in [3.05, 3.63) is 0 Å². The van der Waals surface area contributed by atoms with Crippen LogP contribution >= 0.6 is 0 Å². The van der Waals surface area contributed by atoms with Gasteiger partial charge in [0, 0.05) is 13.0 Å². The predicted octanol–water partition coefficient (Wildman–Crippen LogP) is 1.17. The van der Waals surface area contributed by atoms with Gasteiger partial charge in [0.1, 0.15) is 0 Å². The van der Waals surface area contributed by atoms with Gasteiger partial charge in [-0.15, -0.1) is 0 Å². The van der Waals surface area contributed by atoms with Gasteiger partial charge in [-0.3, -0.25) is 4.79 Å². The Hall–Kier alpha value is -0.530. The highest BCUT2D eigenvalue weighted by molar-refractivity contribution is 5.78. The Bertz CT molecular complexity index is 131. The fourth-order valence-electron chi connectivity index (χ4n) is 1.50. The maximum absolute atomic E-state index is 10.7. The highest BCUT2D eigenvalue weighted by atomic mass is 16.1. The van der Waals surface area contributed by atoms with Crippen LogP contribution in [0.25, 0.3) is 0 Å². The van der Waals surface area contributed by atoms with Gasteiger partial charge in [-0.25, -0.2) is 0 Å². The van der Waals surface area contributed by atoms with Crippen molar-refractivity contribution in [2.24, 2.45) is 11.8 Å². The van der Waals surface area contributed by atoms with E-state index in [0.29, 0.717) is 5.92 Å². The predicted molar refractivity (Wildman–Crippen MR) is 40.6 cm³/mol. The van der Waals surface area contributed by atoms with Crippen LogP contribution in [0.3, 0.4) is 0 Å². The highest BCUT2D eigenvalue weighted by Crippen LogP contribution is 2.17. The monoisotopic (exact) mass is 141 g/mol. The molecule has 0 aromatic rings. The van der Waals surface area contributed by atoms with Gasteiger partial charge < -0.3 is 5.32 Å². The molecule has 0 saturated carbocycles. The average Bonchev–Trinajstić information content (AvgIpc) is 2.13. The summed E-state index contributed by atoms with van der Waals surface area (Å²) in [5, 5.41) is 2.84. The van der Waals surface area contributed by atoms with Gasteiger partial charge in [-0.2, -0.15) is 0 Å². The van der Waals surface area contributed by atoms with Crippen molar-refractivity contribution < 1.29 is 4.79 Å². The first kappa shape index (κ1) is 7.58. The van der Waals surface area contributed by atoms with Gasteiger partial charge >= 0.3 is 0 Å². The number of nitrogens with one attached hydrogen (secondary N) is 1. The fraction of sp³-hybridized carbons (Fsp3) is 0.875. The second-order valence-electron chi connectivity index (χ2n) is 3.50. The summed E-state index contributed by atoms with van der Waals surface area (Å²) in [4.78, 5) is 10.7. The Morgan fingerprint density at radius 1 is 1.70 bits per heavy atom. The molecule has 58 valence electrons. The number of carbonyl (C=O) groups is 1. The molecule has 0 aromatic carbocycles. The Morgan fingerprint density at radius 3 is 2.80 bits per heavy atom. The quantitative estimate of drug-likeness (QED) is 0.614. The van der Waals surface area contributed by atoms with Crippen LogP contribution in [0.4, 0.5) is 0 Å². The van der Waals surface area contributed by atoms with Crippen molar-refractivity contribution >= 4 is 5.91 Å². The highest BCUT2D eigenvalue weighted by Gasteiger charge is 2.21. The first-order valence-electron chi connectivity index (χ1n) is 3.95. The third kappa shape index (κ3) is 2.01. The summed E-state index contributed by atoms with van der Waals surface area (Å²) in [7, 11) is 0. The zero-order valence-corrected chi connectivity index (χ0v) is 6.68. The van der Waals surface area contributed by atoms with E-state index in [1.165, 1.54) is 6.42 Å². The summed E-state index contributed by atoms with van der Waals surface area (Å²) >= 11 is 0. The third-order valence-corrected chi connectivity index (χ3v) is 1.87. The van der Waals surface area contributed by atoms with Crippen LogP contribution in [0.1, 0.15) is 26.7 Å². The molecule has 0 spiro atoms. The van der Waals surface area contributed by atoms with Crippen molar-refractivity contribution in [1.82, 2.24) is 5.32 Å². The van der Waals surface area contributed by atoms with Gasteiger partial charge in [0.25, 0.3) is 0 Å². The fourth-order valence-corrected chi connectivity index (χ4v) is 1.50. The molecule has 1 aliphatic rings. The van der Waals surface area contributed by atoms with E-state index in [1.807, 2.05) is 0 Å². The average molecular weight is 141 g/mol. The zero-order valence-electron chi connectivity index (χ0n) is 6.68. The lowest BCUT2D eigenvalue weighted by Gasteiger charge is -2.08. The summed E-state index contributed by atoms with van der Waals surface area (Å²) in [6, 6.07) is 0. The van der Waals surface area contributed by atoms with E-state index in [0.717, 1.165) is 18.9 Å². The number of hydrogen-bond acceptors (Lipinski definition) is 1. The summed E-state index contributed by atoms with van der Waals surface area (Å²) in [5.41, 5.74) is 0. The number of rotatable bonds is 2. The van der Waals surface area contributed by atoms with Crippen LogP contribution in [0.15, 0.2) is 0 Å². The molecule has 0 aromatic heterocycles. The Morgan fingerprint density at radius 2 is 2.40 bits per heavy atom. The van der Waals surface area contributed by atoms with Gasteiger partial charge in [-0.05, 0) is 18.3 Å². The molecule has 1 unspecified atom stereocenters. The molecule has 1 fully saturated rings. The van der Waals surface area contributed by atoms with E-state index in [9.17, 15) is 4.79 Å². The van der Waals surface area contributed by atoms with Crippen molar-refractivity contribution in [1.29, 1.82) is 0 Å². The summed E-state index contributed by atoms with van der Waals surface area (Å²) in [6.45, 7) is 5.29. The zero-order chi connectivity index (χ0) is 7.56. The molecular weight excluding hydrogens is 126 g/mol. The number of hydrogen-bond donors (Lipinski definition) is 1. The molecule has 1 saturated heterocycles. The van der Waals surface area contributed by atoms with Gasteiger partial charge in [0.15, 0.2) is 0 Å². The second-order valence-corrected chi connectivity index (χ2v) is 3.50. The molecule has 1 amide bonds. The van der Waals surface area contributed by atoms with Crippen LogP contribution in [-0.4, -0.2) is 12.5 Å². The smallest absolute Gasteiger partial charge is 0.220 e. The molecule has 1 heterocycles. The maximum atomic E-state index is 10.7. The van der Waals surface area contributed by atoms with Crippen LogP contribution in [0.2, 0.25) is 0 Å². The van der Waals surface area contributed by atoms with Gasteiger partial charge in [0.2, 0.25) is 5.91 Å². The van der Waals surface area contributed by atoms with Crippen LogP contribution in [0, 0.1) is 11.8 Å². The Balaban J connectivity index is 2.24. The van der Waals surface area contributed by atoms with Crippen molar-refractivity contribution in [2.75, 3.05) is 6.54 Å². The molecule has 1 rings (SSSR count). The van der Waals surface area contributed by atoms with Crippen molar-refractivity contribution in [2.45, 2.75) is 26.7 Å². The number of carbonyl (C=O) groups excluding carboxylic acids is 1. The molecule has 2 nitrogen and oxygen atoms in total. The minimum atomic E-state index is 0.227. The van der Waals surface area contributed by atoms with Crippen LogP contribution in [-0.2, 0) is 4.79 Å². The van der Waals surface area contributed by atoms with E-state index in [4.69, 9.17) is 0 Å². The molecule has 0 bridgehead atoms. The molecule has 1 aliphatic heterocycles. The molecule has 10 heavy (non-hydrogen) atoms. The molecule has 1 atom stereocenters. The lowest BCUT2D eigenvalue weighted by atomic mass is 9.97. The summed E-state index contributed by atoms with van der Waals surface area (Å²) in [5.74, 6) is 1.55. The summed E-state index contributed by atoms with van der Waals surface area (Å²) in [6.07, 6.45) is 1.93. The first-order chi connectivity index (χ1) is 4.68. The minimum Gasteiger partial charge on any atom is -0.356 e. The lowest BCUT2D eigenvalue weighted by Crippen LogP contribution is -2.14. The SMILES string of the molecule is CC(C)CC1CNC(=O)C1. The van der Waals surface area contributed by atoms with E-state index in [-0.39, 0.29) is 5.91 Å². The van der Waals surface area contributed by atoms with Gasteiger partial charge in [-0.1, -0.05) is 13.8 Å². The largest absolute Gasteiger partial charge is 0.356 e. The lowest BCUT2D eigenvalue weighted by molar-refractivity contribution is -0.119. The molecule has 0 aliphatic carbocycles. The third-order valence-electron chi connectivity index (χ3n) is 1.87. The maximum Gasteiger partial charge on any atom is 0.220 e.